The molecule has 270 valence electrons. The third kappa shape index (κ3) is 4.67. The van der Waals surface area contributed by atoms with Gasteiger partial charge in [-0.2, -0.15) is 0 Å². The van der Waals surface area contributed by atoms with Crippen molar-refractivity contribution >= 4 is 28.8 Å². The predicted molar refractivity (Wildman–Crippen MR) is 220 cm³/mol. The second-order valence-electron chi connectivity index (χ2n) is 20.8. The van der Waals surface area contributed by atoms with Gasteiger partial charge in [0.2, 0.25) is 0 Å². The van der Waals surface area contributed by atoms with Gasteiger partial charge in [0.05, 0.1) is 5.69 Å². The van der Waals surface area contributed by atoms with Crippen molar-refractivity contribution in [3.05, 3.63) is 112 Å². The first-order chi connectivity index (χ1) is 24.7. The zero-order valence-electron chi connectivity index (χ0n) is 33.0. The molecule has 4 bridgehead atoms. The monoisotopic (exact) mass is 705 g/mol. The second kappa shape index (κ2) is 11.1. The van der Waals surface area contributed by atoms with Crippen molar-refractivity contribution in [3.63, 3.8) is 0 Å². The minimum Gasteiger partial charge on any atom is -0.309 e. The molecular weight excluding hydrogens is 647 g/mol. The molecule has 1 aliphatic heterocycles. The molecule has 1 heterocycles. The van der Waals surface area contributed by atoms with E-state index in [0.29, 0.717) is 0 Å². The highest BCUT2D eigenvalue weighted by Crippen LogP contribution is 2.69. The Morgan fingerprint density at radius 2 is 0.962 bits per heavy atom. The van der Waals surface area contributed by atoms with Crippen LogP contribution in [0.2, 0.25) is 0 Å². The van der Waals surface area contributed by atoms with E-state index in [4.69, 9.17) is 0 Å². The SMILES string of the molecule is CC1(C)CCC(C)(C)c2cc(N(c3ccc4c(c3)C(C)(C)CCC4(C)C)c3cccc4c3Sc3ccccc3C43C4CC5CC(C4)CC3C5)ccc21. The van der Waals surface area contributed by atoms with E-state index in [1.54, 1.807) is 11.1 Å². The Balaban J connectivity index is 1.23. The fraction of sp³-hybridized carbons (Fsp3) is 0.520. The van der Waals surface area contributed by atoms with Gasteiger partial charge in [0.15, 0.2) is 0 Å². The van der Waals surface area contributed by atoms with Crippen LogP contribution in [-0.4, -0.2) is 0 Å². The van der Waals surface area contributed by atoms with E-state index < -0.39 is 0 Å². The molecule has 4 saturated carbocycles. The largest absolute Gasteiger partial charge is 0.309 e. The molecule has 0 N–H and O–H groups in total. The van der Waals surface area contributed by atoms with Crippen LogP contribution < -0.4 is 4.90 Å². The molecule has 0 amide bonds. The maximum absolute atomic E-state index is 2.69. The van der Waals surface area contributed by atoms with Crippen molar-refractivity contribution in [1.82, 2.24) is 0 Å². The van der Waals surface area contributed by atoms with E-state index in [0.717, 1.165) is 23.7 Å². The average Bonchev–Trinajstić information content (AvgIpc) is 3.11. The summed E-state index contributed by atoms with van der Waals surface area (Å²) in [6.45, 7) is 19.7. The van der Waals surface area contributed by atoms with Crippen molar-refractivity contribution < 1.29 is 0 Å². The van der Waals surface area contributed by atoms with Crippen molar-refractivity contribution in [1.29, 1.82) is 0 Å². The summed E-state index contributed by atoms with van der Waals surface area (Å²) in [5.41, 5.74) is 14.2. The highest BCUT2D eigenvalue weighted by molar-refractivity contribution is 7.99. The number of hydrogen-bond donors (Lipinski definition) is 0. The Labute approximate surface area is 318 Å². The molecule has 4 fully saturated rings. The maximum atomic E-state index is 2.69. The van der Waals surface area contributed by atoms with Crippen LogP contribution >= 0.6 is 11.8 Å². The zero-order valence-corrected chi connectivity index (χ0v) is 33.9. The average molecular weight is 706 g/mol. The lowest BCUT2D eigenvalue weighted by Gasteiger charge is -2.63. The lowest BCUT2D eigenvalue weighted by atomic mass is 9.42. The fourth-order valence-electron chi connectivity index (χ4n) is 13.0. The Kier molecular flexibility index (Phi) is 7.14. The first-order valence-corrected chi connectivity index (χ1v) is 21.5. The number of anilines is 3. The van der Waals surface area contributed by atoms with Crippen LogP contribution in [0.3, 0.4) is 0 Å². The summed E-state index contributed by atoms with van der Waals surface area (Å²) in [5.74, 6) is 3.35. The summed E-state index contributed by atoms with van der Waals surface area (Å²) in [6.07, 6.45) is 12.0. The van der Waals surface area contributed by atoms with Crippen LogP contribution in [-0.2, 0) is 27.1 Å². The van der Waals surface area contributed by atoms with Crippen LogP contribution in [0.25, 0.3) is 0 Å². The second-order valence-corrected chi connectivity index (χ2v) is 21.8. The molecule has 0 atom stereocenters. The fourth-order valence-corrected chi connectivity index (χ4v) is 14.3. The Morgan fingerprint density at radius 1 is 0.481 bits per heavy atom. The first-order valence-electron chi connectivity index (χ1n) is 20.7. The van der Waals surface area contributed by atoms with E-state index >= 15 is 0 Å². The number of nitrogens with zero attached hydrogens (tertiary/aromatic N) is 1. The normalized spacial score (nSPS) is 30.6. The van der Waals surface area contributed by atoms with Crippen LogP contribution in [0, 0.1) is 23.7 Å². The van der Waals surface area contributed by atoms with Crippen LogP contribution in [0.15, 0.2) is 88.7 Å². The number of benzene rings is 4. The molecule has 7 aliphatic rings. The molecule has 0 aromatic heterocycles. The van der Waals surface area contributed by atoms with E-state index in [-0.39, 0.29) is 27.1 Å². The lowest BCUT2D eigenvalue weighted by molar-refractivity contribution is -0.0443. The van der Waals surface area contributed by atoms with Gasteiger partial charge in [-0.15, -0.1) is 0 Å². The van der Waals surface area contributed by atoms with Gasteiger partial charge in [0.25, 0.3) is 0 Å². The molecule has 11 rings (SSSR count). The highest BCUT2D eigenvalue weighted by Gasteiger charge is 2.61. The van der Waals surface area contributed by atoms with Gasteiger partial charge in [0.1, 0.15) is 0 Å². The van der Waals surface area contributed by atoms with E-state index in [2.05, 4.69) is 151 Å². The Bertz CT molecular complexity index is 2000. The summed E-state index contributed by atoms with van der Waals surface area (Å²) in [5, 5.41) is 0. The first kappa shape index (κ1) is 33.6. The predicted octanol–water partition coefficient (Wildman–Crippen LogP) is 14.1. The molecule has 0 radical (unpaired) electrons. The molecular formula is C50H59NS. The minimum absolute atomic E-state index is 0.121. The van der Waals surface area contributed by atoms with Gasteiger partial charge in [-0.3, -0.25) is 0 Å². The number of hydrogen-bond acceptors (Lipinski definition) is 2. The molecule has 4 aromatic rings. The van der Waals surface area contributed by atoms with E-state index in [1.165, 1.54) is 107 Å². The third-order valence-corrected chi connectivity index (χ3v) is 17.0. The van der Waals surface area contributed by atoms with Crippen LogP contribution in [0.5, 0.6) is 0 Å². The molecule has 52 heavy (non-hydrogen) atoms. The quantitative estimate of drug-likeness (QED) is 0.209. The van der Waals surface area contributed by atoms with Gasteiger partial charge in [-0.25, -0.2) is 0 Å². The summed E-state index contributed by atoms with van der Waals surface area (Å²) in [7, 11) is 0. The van der Waals surface area contributed by atoms with Crippen molar-refractivity contribution in [2.24, 2.45) is 23.7 Å². The maximum Gasteiger partial charge on any atom is 0.0604 e. The Morgan fingerprint density at radius 3 is 1.50 bits per heavy atom. The van der Waals surface area contributed by atoms with Gasteiger partial charge >= 0.3 is 0 Å². The number of fused-ring (bicyclic) bond motifs is 4. The van der Waals surface area contributed by atoms with Crippen molar-refractivity contribution in [3.8, 4) is 0 Å². The van der Waals surface area contributed by atoms with Gasteiger partial charge in [0, 0.05) is 26.6 Å². The molecule has 4 aromatic carbocycles. The third-order valence-electron chi connectivity index (χ3n) is 15.8. The standard InChI is InChI=1S/C50H59NS/c1-46(2)20-22-48(5,6)41-29-35(16-18-37(41)46)51(36-17-19-38-42(30-36)49(7,8)23-21-47(38,3)4)43-14-11-13-40-45(43)52-44-15-10-9-12-39(44)50(40)33-25-31-24-32(27-33)28-34(50)26-31/h9-19,29-34H,20-28H2,1-8H3. The number of rotatable bonds is 3. The summed E-state index contributed by atoms with van der Waals surface area (Å²) in [6, 6.07) is 32.2. The van der Waals surface area contributed by atoms with Crippen molar-refractivity contribution in [2.75, 3.05) is 4.90 Å². The molecule has 0 saturated heterocycles. The smallest absolute Gasteiger partial charge is 0.0604 e. The topological polar surface area (TPSA) is 3.24 Å². The zero-order chi connectivity index (χ0) is 36.0. The highest BCUT2D eigenvalue weighted by atomic mass is 32.2. The Hall–Kier alpha value is -2.97. The summed E-state index contributed by atoms with van der Waals surface area (Å²) in [4.78, 5) is 5.69. The van der Waals surface area contributed by atoms with Gasteiger partial charge in [-0.05, 0) is 173 Å². The summed E-state index contributed by atoms with van der Waals surface area (Å²) < 4.78 is 0. The lowest BCUT2D eigenvalue weighted by Crippen LogP contribution is -2.57. The van der Waals surface area contributed by atoms with Crippen LogP contribution in [0.4, 0.5) is 17.1 Å². The molecule has 2 heteroatoms. The molecule has 6 aliphatic carbocycles. The minimum atomic E-state index is 0.121. The van der Waals surface area contributed by atoms with Crippen LogP contribution in [0.1, 0.15) is 147 Å². The molecule has 1 nitrogen and oxygen atoms in total. The molecule has 1 spiro atoms. The van der Waals surface area contributed by atoms with Crippen molar-refractivity contribution in [2.45, 2.75) is 150 Å². The van der Waals surface area contributed by atoms with E-state index in [9.17, 15) is 0 Å². The van der Waals surface area contributed by atoms with Gasteiger partial charge < -0.3 is 4.90 Å². The van der Waals surface area contributed by atoms with E-state index in [1.807, 2.05) is 0 Å². The summed E-state index contributed by atoms with van der Waals surface area (Å²) >= 11 is 2.06. The molecule has 0 unspecified atom stereocenters. The van der Waals surface area contributed by atoms with Gasteiger partial charge in [-0.1, -0.05) is 110 Å².